The van der Waals surface area contributed by atoms with Gasteiger partial charge in [-0.3, -0.25) is 14.7 Å². The molecule has 5 heteroatoms. The summed E-state index contributed by atoms with van der Waals surface area (Å²) in [6, 6.07) is 0. The number of aromatic amines is 1. The van der Waals surface area contributed by atoms with Crippen molar-refractivity contribution < 1.29 is 0 Å². The Hall–Kier alpha value is -1.62. The fraction of sp³-hybridized carbons (Fsp3) is 0.571. The summed E-state index contributed by atoms with van der Waals surface area (Å²) in [5, 5.41) is 11.5. The van der Waals surface area contributed by atoms with Crippen molar-refractivity contribution in [2.75, 3.05) is 13.1 Å². The molecule has 0 radical (unpaired) electrons. The van der Waals surface area contributed by atoms with Gasteiger partial charge in [0.25, 0.3) is 0 Å². The van der Waals surface area contributed by atoms with Gasteiger partial charge in [-0.15, -0.1) is 0 Å². The molecule has 1 saturated heterocycles. The van der Waals surface area contributed by atoms with E-state index in [0.29, 0.717) is 5.92 Å². The van der Waals surface area contributed by atoms with Crippen molar-refractivity contribution in [2.45, 2.75) is 32.2 Å². The van der Waals surface area contributed by atoms with Crippen LogP contribution in [0.5, 0.6) is 0 Å². The average molecular weight is 259 g/mol. The van der Waals surface area contributed by atoms with E-state index in [0.717, 1.165) is 19.6 Å². The van der Waals surface area contributed by atoms with Gasteiger partial charge in [0.1, 0.15) is 0 Å². The molecule has 1 N–H and O–H groups in total. The third-order valence-electron chi connectivity index (χ3n) is 4.03. The van der Waals surface area contributed by atoms with Crippen molar-refractivity contribution >= 4 is 0 Å². The molecule has 2 aromatic heterocycles. The Kier molecular flexibility index (Phi) is 3.38. The van der Waals surface area contributed by atoms with Crippen LogP contribution in [-0.2, 0) is 13.6 Å². The van der Waals surface area contributed by atoms with Gasteiger partial charge in [-0.2, -0.15) is 10.2 Å². The standard InChI is InChI=1S/C14H21N5/c1-11-7-15-17-14(11)13-3-5-19(6-4-13)10-12-8-16-18(2)9-12/h7-9,13H,3-6,10H2,1-2H3,(H,15,17). The van der Waals surface area contributed by atoms with Crippen molar-refractivity contribution in [3.05, 3.63) is 35.4 Å². The van der Waals surface area contributed by atoms with E-state index in [4.69, 9.17) is 0 Å². The third-order valence-corrected chi connectivity index (χ3v) is 4.03. The van der Waals surface area contributed by atoms with Gasteiger partial charge in [0.05, 0.1) is 12.4 Å². The fourth-order valence-corrected chi connectivity index (χ4v) is 2.96. The predicted molar refractivity (Wildman–Crippen MR) is 73.8 cm³/mol. The minimum Gasteiger partial charge on any atom is -0.299 e. The number of hydrogen-bond acceptors (Lipinski definition) is 3. The summed E-state index contributed by atoms with van der Waals surface area (Å²) in [5.74, 6) is 0.646. The maximum atomic E-state index is 4.23. The first-order chi connectivity index (χ1) is 9.22. The normalized spacial score (nSPS) is 18.0. The molecule has 1 fully saturated rings. The molecule has 0 spiro atoms. The van der Waals surface area contributed by atoms with Crippen LogP contribution in [0.2, 0.25) is 0 Å². The molecule has 102 valence electrons. The third kappa shape index (κ3) is 2.71. The van der Waals surface area contributed by atoms with Crippen LogP contribution in [0.4, 0.5) is 0 Å². The molecule has 0 atom stereocenters. The van der Waals surface area contributed by atoms with E-state index in [9.17, 15) is 0 Å². The van der Waals surface area contributed by atoms with Crippen LogP contribution in [0.15, 0.2) is 18.6 Å². The molecule has 0 unspecified atom stereocenters. The van der Waals surface area contributed by atoms with Crippen molar-refractivity contribution in [2.24, 2.45) is 7.05 Å². The summed E-state index contributed by atoms with van der Waals surface area (Å²) in [6.45, 7) is 5.46. The van der Waals surface area contributed by atoms with Gasteiger partial charge in [-0.25, -0.2) is 0 Å². The molecule has 0 bridgehead atoms. The number of aromatic nitrogens is 4. The monoisotopic (exact) mass is 259 g/mol. The Labute approximate surface area is 113 Å². The van der Waals surface area contributed by atoms with E-state index in [1.165, 1.54) is 29.7 Å². The zero-order chi connectivity index (χ0) is 13.2. The lowest BCUT2D eigenvalue weighted by atomic mass is 9.91. The molecule has 0 amide bonds. The Balaban J connectivity index is 1.56. The van der Waals surface area contributed by atoms with Crippen LogP contribution in [0.25, 0.3) is 0 Å². The molecule has 2 aromatic rings. The zero-order valence-corrected chi connectivity index (χ0v) is 11.6. The number of nitrogens with one attached hydrogen (secondary N) is 1. The summed E-state index contributed by atoms with van der Waals surface area (Å²) >= 11 is 0. The second kappa shape index (κ2) is 5.17. The topological polar surface area (TPSA) is 49.7 Å². The number of nitrogens with zero attached hydrogens (tertiary/aromatic N) is 4. The zero-order valence-electron chi connectivity index (χ0n) is 11.6. The summed E-state index contributed by atoms with van der Waals surface area (Å²) in [5.41, 5.74) is 3.94. The molecule has 1 aliphatic rings. The summed E-state index contributed by atoms with van der Waals surface area (Å²) in [7, 11) is 1.97. The van der Waals surface area contributed by atoms with E-state index < -0.39 is 0 Å². The van der Waals surface area contributed by atoms with Crippen molar-refractivity contribution in [1.82, 2.24) is 24.9 Å². The number of rotatable bonds is 3. The maximum Gasteiger partial charge on any atom is 0.0534 e. The number of likely N-dealkylation sites (tertiary alicyclic amines) is 1. The molecular weight excluding hydrogens is 238 g/mol. The molecule has 0 aromatic carbocycles. The highest BCUT2D eigenvalue weighted by atomic mass is 15.2. The molecule has 3 rings (SSSR count). The van der Waals surface area contributed by atoms with Crippen LogP contribution in [0.1, 0.15) is 35.6 Å². The number of aryl methyl sites for hydroxylation is 2. The van der Waals surface area contributed by atoms with Gasteiger partial charge < -0.3 is 0 Å². The van der Waals surface area contributed by atoms with Crippen LogP contribution in [-0.4, -0.2) is 38.0 Å². The Bertz CT molecular complexity index is 534. The highest BCUT2D eigenvalue weighted by Gasteiger charge is 2.23. The molecule has 1 aliphatic heterocycles. The largest absolute Gasteiger partial charge is 0.299 e. The number of hydrogen-bond donors (Lipinski definition) is 1. The van der Waals surface area contributed by atoms with E-state index in [1.54, 1.807) is 0 Å². The Morgan fingerprint density at radius 3 is 2.68 bits per heavy atom. The second-order valence-corrected chi connectivity index (χ2v) is 5.54. The lowest BCUT2D eigenvalue weighted by Crippen LogP contribution is -2.32. The predicted octanol–water partition coefficient (Wildman–Crippen LogP) is 1.83. The van der Waals surface area contributed by atoms with E-state index in [1.807, 2.05) is 24.1 Å². The number of H-pyrrole nitrogens is 1. The molecular formula is C14H21N5. The summed E-state index contributed by atoms with van der Waals surface area (Å²) in [4.78, 5) is 2.51. The lowest BCUT2D eigenvalue weighted by Gasteiger charge is -2.31. The van der Waals surface area contributed by atoms with E-state index >= 15 is 0 Å². The van der Waals surface area contributed by atoms with E-state index in [2.05, 4.69) is 33.3 Å². The van der Waals surface area contributed by atoms with Crippen LogP contribution < -0.4 is 0 Å². The Morgan fingerprint density at radius 1 is 1.32 bits per heavy atom. The van der Waals surface area contributed by atoms with Gasteiger partial charge in [0, 0.05) is 37.0 Å². The van der Waals surface area contributed by atoms with Crippen molar-refractivity contribution in [3.63, 3.8) is 0 Å². The van der Waals surface area contributed by atoms with Crippen molar-refractivity contribution in [3.8, 4) is 0 Å². The quantitative estimate of drug-likeness (QED) is 0.915. The minimum atomic E-state index is 0.646. The van der Waals surface area contributed by atoms with Gasteiger partial charge >= 0.3 is 0 Å². The van der Waals surface area contributed by atoms with Crippen LogP contribution in [0, 0.1) is 6.92 Å². The number of piperidine rings is 1. The molecule has 3 heterocycles. The highest BCUT2D eigenvalue weighted by Crippen LogP contribution is 2.28. The van der Waals surface area contributed by atoms with Gasteiger partial charge in [-0.1, -0.05) is 0 Å². The summed E-state index contributed by atoms with van der Waals surface area (Å²) < 4.78 is 1.87. The van der Waals surface area contributed by atoms with Crippen molar-refractivity contribution in [1.29, 1.82) is 0 Å². The smallest absolute Gasteiger partial charge is 0.0534 e. The van der Waals surface area contributed by atoms with Gasteiger partial charge in [0.15, 0.2) is 0 Å². The maximum absolute atomic E-state index is 4.23. The molecule has 5 nitrogen and oxygen atoms in total. The SMILES string of the molecule is Cc1cn[nH]c1C1CCN(Cc2cnn(C)c2)CC1. The lowest BCUT2D eigenvalue weighted by molar-refractivity contribution is 0.203. The minimum absolute atomic E-state index is 0.646. The van der Waals surface area contributed by atoms with Gasteiger partial charge in [-0.05, 0) is 38.4 Å². The fourth-order valence-electron chi connectivity index (χ4n) is 2.96. The van der Waals surface area contributed by atoms with Gasteiger partial charge in [0.2, 0.25) is 0 Å². The van der Waals surface area contributed by atoms with E-state index in [-0.39, 0.29) is 0 Å². The molecule has 19 heavy (non-hydrogen) atoms. The average Bonchev–Trinajstić information content (AvgIpc) is 3.00. The summed E-state index contributed by atoms with van der Waals surface area (Å²) in [6.07, 6.45) is 8.42. The van der Waals surface area contributed by atoms with Crippen LogP contribution >= 0.6 is 0 Å². The second-order valence-electron chi connectivity index (χ2n) is 5.54. The molecule has 0 saturated carbocycles. The first-order valence-corrected chi connectivity index (χ1v) is 6.92. The Morgan fingerprint density at radius 2 is 2.11 bits per heavy atom. The molecule has 0 aliphatic carbocycles. The highest BCUT2D eigenvalue weighted by molar-refractivity contribution is 5.19. The van der Waals surface area contributed by atoms with Crippen LogP contribution in [0.3, 0.4) is 0 Å². The first-order valence-electron chi connectivity index (χ1n) is 6.92. The first kappa shape index (κ1) is 12.4.